The average molecular weight is 534 g/mol. The summed E-state index contributed by atoms with van der Waals surface area (Å²) in [4.78, 5) is 42.9. The summed E-state index contributed by atoms with van der Waals surface area (Å²) in [5.74, 6) is -0.448. The molecule has 2 fully saturated rings. The fraction of sp³-hybridized carbons (Fsp3) is 0.400. The van der Waals surface area contributed by atoms with Crippen molar-refractivity contribution in [3.63, 3.8) is 0 Å². The van der Waals surface area contributed by atoms with Crippen LogP contribution in [0.25, 0.3) is 0 Å². The minimum atomic E-state index is -0.347. The molecule has 2 amide bonds. The molecule has 1 heterocycles. The Kier molecular flexibility index (Phi) is 5.95. The summed E-state index contributed by atoms with van der Waals surface area (Å²) < 4.78 is 5.93. The zero-order valence-corrected chi connectivity index (χ0v) is 23.3. The van der Waals surface area contributed by atoms with E-state index in [2.05, 4.69) is 38.1 Å². The van der Waals surface area contributed by atoms with Crippen LogP contribution >= 0.6 is 0 Å². The summed E-state index contributed by atoms with van der Waals surface area (Å²) in [6, 6.07) is 22.5. The van der Waals surface area contributed by atoms with Crippen molar-refractivity contribution in [1.29, 1.82) is 0 Å². The molecule has 2 atom stereocenters. The Morgan fingerprint density at radius 2 is 1.27 bits per heavy atom. The Balaban J connectivity index is 1.10. The van der Waals surface area contributed by atoms with E-state index in [1.54, 1.807) is 4.90 Å². The van der Waals surface area contributed by atoms with Gasteiger partial charge in [0, 0.05) is 17.9 Å². The van der Waals surface area contributed by atoms with Crippen LogP contribution in [-0.2, 0) is 14.4 Å². The molecule has 1 saturated heterocycles. The maximum atomic E-state index is 14.1. The number of esters is 1. The first-order valence-corrected chi connectivity index (χ1v) is 14.7. The molecule has 1 saturated carbocycles. The van der Waals surface area contributed by atoms with E-state index >= 15 is 0 Å². The molecule has 1 aliphatic heterocycles. The number of rotatable bonds is 4. The van der Waals surface area contributed by atoms with E-state index in [0.29, 0.717) is 31.4 Å². The lowest BCUT2D eigenvalue weighted by Gasteiger charge is -2.45. The van der Waals surface area contributed by atoms with Crippen molar-refractivity contribution in [3.05, 3.63) is 100 Å². The molecular weight excluding hydrogens is 498 g/mol. The Labute approximate surface area is 235 Å². The summed E-state index contributed by atoms with van der Waals surface area (Å²) in [5.41, 5.74) is 6.86. The summed E-state index contributed by atoms with van der Waals surface area (Å²) in [6.45, 7) is 6.19. The van der Waals surface area contributed by atoms with Gasteiger partial charge in [-0.3, -0.25) is 19.3 Å². The molecule has 40 heavy (non-hydrogen) atoms. The lowest BCUT2D eigenvalue weighted by Crippen LogP contribution is -2.44. The van der Waals surface area contributed by atoms with Gasteiger partial charge in [-0.05, 0) is 78.0 Å². The van der Waals surface area contributed by atoms with Gasteiger partial charge in [0.1, 0.15) is 5.75 Å². The van der Waals surface area contributed by atoms with Crippen molar-refractivity contribution >= 4 is 17.8 Å². The van der Waals surface area contributed by atoms with Crippen LogP contribution < -0.4 is 4.74 Å². The molecule has 0 radical (unpaired) electrons. The summed E-state index contributed by atoms with van der Waals surface area (Å²) in [7, 11) is 0. The summed E-state index contributed by atoms with van der Waals surface area (Å²) >= 11 is 0. The van der Waals surface area contributed by atoms with Crippen molar-refractivity contribution in [3.8, 4) is 5.75 Å². The van der Waals surface area contributed by atoms with Crippen LogP contribution in [0.15, 0.2) is 66.7 Å². The van der Waals surface area contributed by atoms with Crippen molar-refractivity contribution in [2.75, 3.05) is 0 Å². The molecule has 0 aromatic heterocycles. The fourth-order valence-corrected chi connectivity index (χ4v) is 8.03. The van der Waals surface area contributed by atoms with Gasteiger partial charge < -0.3 is 4.74 Å². The number of imide groups is 1. The number of amides is 2. The second-order valence-corrected chi connectivity index (χ2v) is 12.4. The van der Waals surface area contributed by atoms with Gasteiger partial charge in [0.25, 0.3) is 0 Å². The second kappa shape index (κ2) is 9.43. The van der Waals surface area contributed by atoms with Crippen LogP contribution in [0.3, 0.4) is 0 Å². The molecular formula is C35H35NO4. The van der Waals surface area contributed by atoms with Gasteiger partial charge in [-0.25, -0.2) is 0 Å². The fourth-order valence-electron chi connectivity index (χ4n) is 8.03. The van der Waals surface area contributed by atoms with E-state index in [-0.39, 0.29) is 59.3 Å². The van der Waals surface area contributed by atoms with Gasteiger partial charge >= 0.3 is 5.97 Å². The number of carbonyl (C=O) groups excluding carboxylic acids is 3. The molecule has 2 bridgehead atoms. The topological polar surface area (TPSA) is 63.7 Å². The Morgan fingerprint density at radius 3 is 1.75 bits per heavy atom. The van der Waals surface area contributed by atoms with Crippen LogP contribution in [-0.4, -0.2) is 28.7 Å². The normalized spacial score (nSPS) is 28.4. The van der Waals surface area contributed by atoms with Crippen LogP contribution in [0.4, 0.5) is 0 Å². The third-order valence-electron chi connectivity index (χ3n) is 9.88. The number of benzene rings is 3. The Hall–Kier alpha value is -3.73. The number of aryl methyl sites for hydroxylation is 1. The third-order valence-corrected chi connectivity index (χ3v) is 9.88. The van der Waals surface area contributed by atoms with Crippen LogP contribution in [0, 0.1) is 24.7 Å². The standard InChI is InChI=1S/C35H35NO4/c1-19(2)23-17-12-20(3)18-28(23)40-35(39)21-13-15-22(16-14-21)36-33(37)31-29-24-8-4-5-9-25(24)30(32(31)34(36)38)27-11-7-6-10-26(27)29/h4-12,17-19,21-22,29-32H,13-16H2,1-3H3/t21?,22?,29?,30?,31-,32-/m0/s1. The van der Waals surface area contributed by atoms with Gasteiger partial charge in [0.05, 0.1) is 17.8 Å². The smallest absolute Gasteiger partial charge is 0.314 e. The number of ether oxygens (including phenoxy) is 1. The van der Waals surface area contributed by atoms with Crippen molar-refractivity contribution in [2.24, 2.45) is 17.8 Å². The quantitative estimate of drug-likeness (QED) is 0.219. The highest BCUT2D eigenvalue weighted by molar-refractivity contribution is 6.08. The van der Waals surface area contributed by atoms with Crippen molar-refractivity contribution in [2.45, 2.75) is 70.3 Å². The van der Waals surface area contributed by atoms with Gasteiger partial charge in [-0.15, -0.1) is 0 Å². The van der Waals surface area contributed by atoms with E-state index in [1.807, 2.05) is 49.4 Å². The Morgan fingerprint density at radius 1 is 0.775 bits per heavy atom. The van der Waals surface area contributed by atoms with Gasteiger partial charge in [-0.1, -0.05) is 74.5 Å². The van der Waals surface area contributed by atoms with E-state index < -0.39 is 0 Å². The van der Waals surface area contributed by atoms with Crippen LogP contribution in [0.1, 0.15) is 90.7 Å². The monoisotopic (exact) mass is 533 g/mol. The zero-order valence-electron chi connectivity index (χ0n) is 23.3. The van der Waals surface area contributed by atoms with Gasteiger partial charge in [-0.2, -0.15) is 0 Å². The molecule has 5 heteroatoms. The lowest BCUT2D eigenvalue weighted by molar-refractivity contribution is -0.144. The van der Waals surface area contributed by atoms with Crippen molar-refractivity contribution in [1.82, 2.24) is 4.90 Å². The van der Waals surface area contributed by atoms with E-state index in [1.165, 1.54) is 22.3 Å². The van der Waals surface area contributed by atoms with Crippen molar-refractivity contribution < 1.29 is 19.1 Å². The first-order chi connectivity index (χ1) is 19.3. The lowest BCUT2D eigenvalue weighted by atomic mass is 9.55. The molecule has 0 unspecified atom stereocenters. The van der Waals surface area contributed by atoms with Crippen LogP contribution in [0.2, 0.25) is 0 Å². The minimum absolute atomic E-state index is 0.0265. The van der Waals surface area contributed by atoms with E-state index in [9.17, 15) is 14.4 Å². The predicted octanol–water partition coefficient (Wildman–Crippen LogP) is 6.47. The largest absolute Gasteiger partial charge is 0.426 e. The zero-order chi connectivity index (χ0) is 27.7. The molecule has 204 valence electrons. The van der Waals surface area contributed by atoms with E-state index in [4.69, 9.17) is 4.74 Å². The summed E-state index contributed by atoms with van der Waals surface area (Å²) in [6.07, 6.45) is 2.51. The maximum absolute atomic E-state index is 14.1. The number of carbonyl (C=O) groups is 3. The number of hydrogen-bond donors (Lipinski definition) is 0. The maximum Gasteiger partial charge on any atom is 0.314 e. The minimum Gasteiger partial charge on any atom is -0.426 e. The number of nitrogens with zero attached hydrogens (tertiary/aromatic N) is 1. The van der Waals surface area contributed by atoms with Gasteiger partial charge in [0.2, 0.25) is 11.8 Å². The Bertz CT molecular complexity index is 1420. The second-order valence-electron chi connectivity index (χ2n) is 12.4. The average Bonchev–Trinajstić information content (AvgIpc) is 3.23. The number of likely N-dealkylation sites (tertiary alicyclic amines) is 1. The first-order valence-electron chi connectivity index (χ1n) is 14.7. The highest BCUT2D eigenvalue weighted by atomic mass is 16.5. The third kappa shape index (κ3) is 3.70. The molecule has 3 aromatic rings. The SMILES string of the molecule is Cc1ccc(C(C)C)c(OC(=O)C2CCC(N3C(=O)[C@H]4C5c6ccccc6C(c6ccccc65)[C@@H]4C3=O)CC2)c1. The molecule has 4 aliphatic carbocycles. The molecule has 0 N–H and O–H groups in total. The van der Waals surface area contributed by atoms with E-state index in [0.717, 1.165) is 11.1 Å². The first kappa shape index (κ1) is 25.3. The van der Waals surface area contributed by atoms with Gasteiger partial charge in [0.15, 0.2) is 0 Å². The molecule has 3 aromatic carbocycles. The van der Waals surface area contributed by atoms with Crippen LogP contribution in [0.5, 0.6) is 5.75 Å². The highest BCUT2D eigenvalue weighted by Gasteiger charge is 2.62. The molecule has 5 nitrogen and oxygen atoms in total. The number of hydrogen-bond acceptors (Lipinski definition) is 4. The molecule has 8 rings (SSSR count). The molecule has 5 aliphatic rings. The molecule has 0 spiro atoms. The summed E-state index contributed by atoms with van der Waals surface area (Å²) in [5, 5.41) is 0. The highest BCUT2D eigenvalue weighted by Crippen LogP contribution is 2.61. The predicted molar refractivity (Wildman–Crippen MR) is 152 cm³/mol.